The summed E-state index contributed by atoms with van der Waals surface area (Å²) in [6.45, 7) is 7.95. The van der Waals surface area contributed by atoms with E-state index in [0.29, 0.717) is 5.69 Å². The standard InChI is InChI=1S/C17H22N2O3/c1-10-11(2)16(20)19(12(10)3)18-9-13-7-5-6-8-14(13)15(18)17(21)22-4/h9-11H,3,5-8H2,1-2,4H3/t10-,11-/m1/s1. The second-order valence-corrected chi connectivity index (χ2v) is 6.24. The van der Waals surface area contributed by atoms with Crippen molar-refractivity contribution >= 4 is 11.9 Å². The largest absolute Gasteiger partial charge is 0.464 e. The number of rotatable bonds is 2. The Labute approximate surface area is 130 Å². The zero-order valence-electron chi connectivity index (χ0n) is 13.4. The molecule has 22 heavy (non-hydrogen) atoms. The van der Waals surface area contributed by atoms with Gasteiger partial charge in [0.25, 0.3) is 0 Å². The molecule has 3 rings (SSSR count). The van der Waals surface area contributed by atoms with Gasteiger partial charge in [-0.15, -0.1) is 0 Å². The van der Waals surface area contributed by atoms with Crippen molar-refractivity contribution < 1.29 is 14.3 Å². The molecule has 2 aliphatic rings. The molecule has 1 aliphatic carbocycles. The summed E-state index contributed by atoms with van der Waals surface area (Å²) in [5, 5.41) is 1.56. The van der Waals surface area contributed by atoms with E-state index in [-0.39, 0.29) is 17.7 Å². The number of amides is 1. The molecule has 1 saturated heterocycles. The van der Waals surface area contributed by atoms with Crippen molar-refractivity contribution in [3.05, 3.63) is 35.3 Å². The van der Waals surface area contributed by atoms with Crippen LogP contribution >= 0.6 is 0 Å². The highest BCUT2D eigenvalue weighted by Gasteiger charge is 2.41. The quantitative estimate of drug-likeness (QED) is 0.788. The van der Waals surface area contributed by atoms with Crippen LogP contribution in [0.2, 0.25) is 0 Å². The summed E-state index contributed by atoms with van der Waals surface area (Å²) in [4.78, 5) is 24.9. The Hall–Kier alpha value is -2.04. The number of ether oxygens (including phenoxy) is 1. The van der Waals surface area contributed by atoms with Gasteiger partial charge in [0.1, 0.15) is 0 Å². The van der Waals surface area contributed by atoms with E-state index in [4.69, 9.17) is 4.74 Å². The van der Waals surface area contributed by atoms with Gasteiger partial charge in [0.05, 0.1) is 7.11 Å². The van der Waals surface area contributed by atoms with E-state index in [1.807, 2.05) is 20.0 Å². The molecule has 1 amide bonds. The smallest absolute Gasteiger partial charge is 0.356 e. The number of allylic oxidation sites excluding steroid dienone is 1. The summed E-state index contributed by atoms with van der Waals surface area (Å²) in [5.74, 6) is -0.471. The minimum absolute atomic E-state index is 0.0185. The van der Waals surface area contributed by atoms with E-state index in [0.717, 1.165) is 42.5 Å². The van der Waals surface area contributed by atoms with Crippen molar-refractivity contribution in [1.82, 2.24) is 4.68 Å². The molecule has 0 N–H and O–H groups in total. The molecule has 5 heteroatoms. The molecule has 1 aliphatic heterocycles. The lowest BCUT2D eigenvalue weighted by molar-refractivity contribution is -0.121. The van der Waals surface area contributed by atoms with Gasteiger partial charge in [-0.3, -0.25) is 4.79 Å². The van der Waals surface area contributed by atoms with Gasteiger partial charge in [0, 0.05) is 23.7 Å². The molecule has 2 atom stereocenters. The fourth-order valence-corrected chi connectivity index (χ4v) is 3.44. The molecule has 0 bridgehead atoms. The maximum absolute atomic E-state index is 12.6. The van der Waals surface area contributed by atoms with Gasteiger partial charge in [-0.1, -0.05) is 20.4 Å². The molecule has 0 unspecified atom stereocenters. The van der Waals surface area contributed by atoms with Crippen LogP contribution in [0.15, 0.2) is 18.5 Å². The lowest BCUT2D eigenvalue weighted by atomic mass is 9.94. The number of fused-ring (bicyclic) bond motifs is 1. The predicted molar refractivity (Wildman–Crippen MR) is 83.1 cm³/mol. The molecule has 1 aromatic heterocycles. The third-order valence-corrected chi connectivity index (χ3v) is 5.04. The van der Waals surface area contributed by atoms with Gasteiger partial charge in [-0.25, -0.2) is 14.5 Å². The van der Waals surface area contributed by atoms with Gasteiger partial charge >= 0.3 is 5.97 Å². The van der Waals surface area contributed by atoms with Gasteiger partial charge < -0.3 is 4.74 Å². The van der Waals surface area contributed by atoms with E-state index in [9.17, 15) is 9.59 Å². The first-order valence-corrected chi connectivity index (χ1v) is 7.81. The SMILES string of the molecule is C=C1[C@H](C)[C@@H](C)C(=O)N1n1cc2c(c1C(=O)OC)CCCC2. The van der Waals surface area contributed by atoms with E-state index < -0.39 is 5.97 Å². The minimum atomic E-state index is -0.393. The van der Waals surface area contributed by atoms with Gasteiger partial charge in [0.2, 0.25) is 5.91 Å². The number of carbonyl (C=O) groups is 2. The first kappa shape index (κ1) is 14.9. The topological polar surface area (TPSA) is 51.5 Å². The van der Waals surface area contributed by atoms with Crippen molar-refractivity contribution in [2.24, 2.45) is 11.8 Å². The fourth-order valence-electron chi connectivity index (χ4n) is 3.44. The zero-order chi connectivity index (χ0) is 16.0. The number of methoxy groups -OCH3 is 1. The Morgan fingerprint density at radius 2 is 1.95 bits per heavy atom. The molecule has 1 fully saturated rings. The van der Waals surface area contributed by atoms with Gasteiger partial charge in [-0.2, -0.15) is 0 Å². The molecule has 0 spiro atoms. The number of hydrogen-bond donors (Lipinski definition) is 0. The molecule has 0 radical (unpaired) electrons. The van der Waals surface area contributed by atoms with Crippen LogP contribution in [0.3, 0.4) is 0 Å². The minimum Gasteiger partial charge on any atom is -0.464 e. The van der Waals surface area contributed by atoms with Crippen LogP contribution in [0.25, 0.3) is 0 Å². The van der Waals surface area contributed by atoms with E-state index in [1.165, 1.54) is 7.11 Å². The fraction of sp³-hybridized carbons (Fsp3) is 0.529. The van der Waals surface area contributed by atoms with Crippen molar-refractivity contribution in [3.8, 4) is 0 Å². The molecular weight excluding hydrogens is 280 g/mol. The molecule has 5 nitrogen and oxygen atoms in total. The molecular formula is C17H22N2O3. The van der Waals surface area contributed by atoms with Crippen molar-refractivity contribution in [3.63, 3.8) is 0 Å². The Morgan fingerprint density at radius 3 is 2.55 bits per heavy atom. The van der Waals surface area contributed by atoms with Crippen LogP contribution in [0, 0.1) is 11.8 Å². The molecule has 118 valence electrons. The summed E-state index contributed by atoms with van der Waals surface area (Å²) in [5.41, 5.74) is 3.37. The number of nitrogens with zero attached hydrogens (tertiary/aromatic N) is 2. The third kappa shape index (κ3) is 1.99. The zero-order valence-corrected chi connectivity index (χ0v) is 13.4. The normalized spacial score (nSPS) is 24.6. The van der Waals surface area contributed by atoms with Crippen molar-refractivity contribution in [2.45, 2.75) is 39.5 Å². The van der Waals surface area contributed by atoms with Gasteiger partial charge in [0.15, 0.2) is 5.69 Å². The molecule has 1 aromatic rings. The molecule has 0 saturated carbocycles. The maximum Gasteiger partial charge on any atom is 0.356 e. The summed E-state index contributed by atoms with van der Waals surface area (Å²) in [7, 11) is 1.38. The van der Waals surface area contributed by atoms with E-state index >= 15 is 0 Å². The lowest BCUT2D eigenvalue weighted by Gasteiger charge is -2.22. The van der Waals surface area contributed by atoms with E-state index in [1.54, 1.807) is 9.69 Å². The summed E-state index contributed by atoms with van der Waals surface area (Å²) in [6, 6.07) is 0. The third-order valence-electron chi connectivity index (χ3n) is 5.04. The number of esters is 1. The average Bonchev–Trinajstić information content (AvgIpc) is 2.98. The highest BCUT2D eigenvalue weighted by molar-refractivity contribution is 5.97. The van der Waals surface area contributed by atoms with Crippen molar-refractivity contribution in [1.29, 1.82) is 0 Å². The highest BCUT2D eigenvalue weighted by atomic mass is 16.5. The summed E-state index contributed by atoms with van der Waals surface area (Å²) < 4.78 is 6.63. The van der Waals surface area contributed by atoms with E-state index in [2.05, 4.69) is 6.58 Å². The predicted octanol–water partition coefficient (Wildman–Crippen LogP) is 2.42. The Balaban J connectivity index is 2.15. The Kier molecular flexibility index (Phi) is 3.59. The average molecular weight is 302 g/mol. The number of aromatic nitrogens is 1. The Morgan fingerprint density at radius 1 is 1.27 bits per heavy atom. The summed E-state index contributed by atoms with van der Waals surface area (Å²) >= 11 is 0. The first-order chi connectivity index (χ1) is 10.5. The second-order valence-electron chi connectivity index (χ2n) is 6.24. The molecule has 0 aromatic carbocycles. The monoisotopic (exact) mass is 302 g/mol. The van der Waals surface area contributed by atoms with Crippen LogP contribution in [-0.4, -0.2) is 23.7 Å². The maximum atomic E-state index is 12.6. The summed E-state index contributed by atoms with van der Waals surface area (Å²) in [6.07, 6.45) is 5.87. The second kappa shape index (κ2) is 5.30. The van der Waals surface area contributed by atoms with Crippen LogP contribution < -0.4 is 5.01 Å². The van der Waals surface area contributed by atoms with Crippen LogP contribution in [0.4, 0.5) is 0 Å². The number of carbonyl (C=O) groups excluding carboxylic acids is 2. The van der Waals surface area contributed by atoms with Gasteiger partial charge in [-0.05, 0) is 36.8 Å². The Bertz CT molecular complexity index is 639. The number of hydrogen-bond acceptors (Lipinski definition) is 3. The number of aryl methyl sites for hydroxylation is 1. The van der Waals surface area contributed by atoms with Crippen molar-refractivity contribution in [2.75, 3.05) is 12.1 Å². The first-order valence-electron chi connectivity index (χ1n) is 7.81. The molecule has 2 heterocycles. The highest BCUT2D eigenvalue weighted by Crippen LogP contribution is 2.35. The van der Waals surface area contributed by atoms with Crippen LogP contribution in [0.5, 0.6) is 0 Å². The van der Waals surface area contributed by atoms with Crippen LogP contribution in [-0.2, 0) is 22.4 Å². The lowest BCUT2D eigenvalue weighted by Crippen LogP contribution is -2.37. The van der Waals surface area contributed by atoms with Crippen LogP contribution in [0.1, 0.15) is 48.3 Å².